The number of hydrogen-bond acceptors (Lipinski definition) is 7. The summed E-state index contributed by atoms with van der Waals surface area (Å²) in [6.07, 6.45) is 0.959. The van der Waals surface area contributed by atoms with Gasteiger partial charge >= 0.3 is 0 Å². The van der Waals surface area contributed by atoms with E-state index in [1.807, 2.05) is 48.5 Å². The number of ether oxygens (including phenoxy) is 1. The molecule has 2 aromatic heterocycles. The molecule has 5 rings (SSSR count). The molecule has 7 nitrogen and oxygen atoms in total. The van der Waals surface area contributed by atoms with Crippen molar-refractivity contribution in [3.63, 3.8) is 0 Å². The fourth-order valence-corrected chi connectivity index (χ4v) is 7.81. The monoisotopic (exact) mass is 527 g/mol. The summed E-state index contributed by atoms with van der Waals surface area (Å²) in [5.41, 5.74) is 1.79. The number of anilines is 1. The minimum Gasteiger partial charge on any atom is -0.497 e. The first-order valence-corrected chi connectivity index (χ1v) is 14.4. The Labute approximate surface area is 212 Å². The molecular weight excluding hydrogens is 502 g/mol. The maximum absolute atomic E-state index is 13.8. The SMILES string of the molecule is COc1ccc2sc(N(Cc3ccccc3)C(=O)C3CCN(S(=O)(=O)c4cccs4)CC3)nc2c1. The lowest BCUT2D eigenvalue weighted by Crippen LogP contribution is -2.44. The van der Waals surface area contributed by atoms with E-state index in [1.165, 1.54) is 27.0 Å². The van der Waals surface area contributed by atoms with E-state index in [4.69, 9.17) is 9.72 Å². The highest BCUT2D eigenvalue weighted by atomic mass is 32.2. The van der Waals surface area contributed by atoms with Crippen LogP contribution in [0.3, 0.4) is 0 Å². The molecule has 0 radical (unpaired) electrons. The van der Waals surface area contributed by atoms with Gasteiger partial charge < -0.3 is 4.74 Å². The molecule has 1 amide bonds. The Hall–Kier alpha value is -2.79. The first-order chi connectivity index (χ1) is 17.0. The van der Waals surface area contributed by atoms with E-state index >= 15 is 0 Å². The van der Waals surface area contributed by atoms with E-state index < -0.39 is 10.0 Å². The molecule has 0 unspecified atom stereocenters. The van der Waals surface area contributed by atoms with E-state index in [9.17, 15) is 13.2 Å². The summed E-state index contributed by atoms with van der Waals surface area (Å²) in [7, 11) is -1.89. The van der Waals surface area contributed by atoms with Crippen LogP contribution in [0.25, 0.3) is 10.2 Å². The summed E-state index contributed by atoms with van der Waals surface area (Å²) in [5, 5.41) is 2.40. The fourth-order valence-electron chi connectivity index (χ4n) is 4.24. The highest BCUT2D eigenvalue weighted by Gasteiger charge is 2.35. The standard InChI is InChI=1S/C25H25N3O4S3/c1-32-20-9-10-22-21(16-20)26-25(34-22)28(17-18-6-3-2-4-7-18)24(29)19-11-13-27(14-12-19)35(30,31)23-8-5-15-33-23/h2-10,15-16,19H,11-14,17H2,1H3. The highest BCUT2D eigenvalue weighted by molar-refractivity contribution is 7.91. The molecule has 1 aliphatic heterocycles. The van der Waals surface area contributed by atoms with Crippen LogP contribution in [0.4, 0.5) is 5.13 Å². The number of carbonyl (C=O) groups excluding carboxylic acids is 1. The van der Waals surface area contributed by atoms with Crippen LogP contribution in [0.2, 0.25) is 0 Å². The van der Waals surface area contributed by atoms with E-state index in [0.29, 0.717) is 41.8 Å². The molecule has 0 spiro atoms. The number of carbonyl (C=O) groups is 1. The van der Waals surface area contributed by atoms with Crippen molar-refractivity contribution in [2.45, 2.75) is 23.6 Å². The smallest absolute Gasteiger partial charge is 0.252 e. The number of piperidine rings is 1. The lowest BCUT2D eigenvalue weighted by Gasteiger charge is -2.32. The Morgan fingerprint density at radius 2 is 1.89 bits per heavy atom. The van der Waals surface area contributed by atoms with Crippen LogP contribution >= 0.6 is 22.7 Å². The van der Waals surface area contributed by atoms with Gasteiger partial charge in [0.25, 0.3) is 10.0 Å². The van der Waals surface area contributed by atoms with Gasteiger partial charge in [0.05, 0.1) is 23.9 Å². The zero-order valence-electron chi connectivity index (χ0n) is 19.2. The fraction of sp³-hybridized carbons (Fsp3) is 0.280. The lowest BCUT2D eigenvalue weighted by molar-refractivity contribution is -0.123. The van der Waals surface area contributed by atoms with Crippen molar-refractivity contribution in [2.75, 3.05) is 25.1 Å². The minimum absolute atomic E-state index is 0.0203. The Morgan fingerprint density at radius 3 is 2.57 bits per heavy atom. The third kappa shape index (κ3) is 4.97. The van der Waals surface area contributed by atoms with Gasteiger partial charge in [0, 0.05) is 25.1 Å². The summed E-state index contributed by atoms with van der Waals surface area (Å²) in [6.45, 7) is 1.06. The summed E-state index contributed by atoms with van der Waals surface area (Å²) in [4.78, 5) is 20.3. The van der Waals surface area contributed by atoms with Gasteiger partial charge in [0.15, 0.2) is 5.13 Å². The molecule has 10 heteroatoms. The Balaban J connectivity index is 1.39. The van der Waals surface area contributed by atoms with Crippen LogP contribution in [-0.2, 0) is 21.4 Å². The van der Waals surface area contributed by atoms with Gasteiger partial charge in [-0.15, -0.1) is 11.3 Å². The average Bonchev–Trinajstić information content (AvgIpc) is 3.58. The molecule has 0 saturated carbocycles. The average molecular weight is 528 g/mol. The molecule has 2 aromatic carbocycles. The number of rotatable bonds is 7. The molecule has 3 heterocycles. The van der Waals surface area contributed by atoms with Crippen molar-refractivity contribution in [3.05, 3.63) is 71.6 Å². The van der Waals surface area contributed by atoms with Crippen molar-refractivity contribution >= 4 is 54.0 Å². The second kappa shape index (κ2) is 10.1. The summed E-state index contributed by atoms with van der Waals surface area (Å²) >= 11 is 2.69. The molecule has 0 bridgehead atoms. The molecule has 35 heavy (non-hydrogen) atoms. The number of thiazole rings is 1. The minimum atomic E-state index is -3.51. The predicted molar refractivity (Wildman–Crippen MR) is 140 cm³/mol. The normalized spacial score (nSPS) is 15.3. The van der Waals surface area contributed by atoms with Gasteiger partial charge in [0.1, 0.15) is 9.96 Å². The van der Waals surface area contributed by atoms with Crippen molar-refractivity contribution in [3.8, 4) is 5.75 Å². The van der Waals surface area contributed by atoms with E-state index in [1.54, 1.807) is 29.5 Å². The number of thiophene rings is 1. The molecule has 0 aliphatic carbocycles. The summed E-state index contributed by atoms with van der Waals surface area (Å²) in [6, 6.07) is 18.9. The molecule has 1 aliphatic rings. The number of benzene rings is 2. The zero-order valence-corrected chi connectivity index (χ0v) is 21.6. The topological polar surface area (TPSA) is 79.8 Å². The van der Waals surface area contributed by atoms with Gasteiger partial charge in [-0.2, -0.15) is 4.31 Å². The number of aromatic nitrogens is 1. The highest BCUT2D eigenvalue weighted by Crippen LogP contribution is 2.34. The number of nitrogens with zero attached hydrogens (tertiary/aromatic N) is 3. The van der Waals surface area contributed by atoms with Crippen molar-refractivity contribution in [1.82, 2.24) is 9.29 Å². The quantitative estimate of drug-likeness (QED) is 0.338. The number of hydrogen-bond donors (Lipinski definition) is 0. The third-order valence-corrected chi connectivity index (χ3v) is 10.5. The van der Waals surface area contributed by atoms with Gasteiger partial charge in [0.2, 0.25) is 5.91 Å². The number of methoxy groups -OCH3 is 1. The van der Waals surface area contributed by atoms with Gasteiger partial charge in [-0.05, 0) is 42.0 Å². The van der Waals surface area contributed by atoms with Crippen LogP contribution < -0.4 is 9.64 Å². The van der Waals surface area contributed by atoms with E-state index in [0.717, 1.165) is 21.5 Å². The Morgan fingerprint density at radius 1 is 1.11 bits per heavy atom. The number of sulfonamides is 1. The number of fused-ring (bicyclic) bond motifs is 1. The van der Waals surface area contributed by atoms with E-state index in [-0.39, 0.29) is 11.8 Å². The van der Waals surface area contributed by atoms with Crippen LogP contribution in [0.5, 0.6) is 5.75 Å². The maximum atomic E-state index is 13.8. The van der Waals surface area contributed by atoms with Gasteiger partial charge in [-0.25, -0.2) is 13.4 Å². The van der Waals surface area contributed by atoms with E-state index in [2.05, 4.69) is 0 Å². The molecule has 0 atom stereocenters. The first-order valence-electron chi connectivity index (χ1n) is 11.3. The zero-order chi connectivity index (χ0) is 24.4. The predicted octanol–water partition coefficient (Wildman–Crippen LogP) is 5.00. The summed E-state index contributed by atoms with van der Waals surface area (Å²) < 4.78 is 33.9. The molecule has 182 valence electrons. The second-order valence-electron chi connectivity index (χ2n) is 8.35. The Bertz CT molecular complexity index is 1410. The molecule has 4 aromatic rings. The summed E-state index contributed by atoms with van der Waals surface area (Å²) in [5.74, 6) is 0.428. The Kier molecular flexibility index (Phi) is 6.88. The van der Waals surface area contributed by atoms with Crippen LogP contribution in [-0.4, -0.2) is 43.8 Å². The van der Waals surface area contributed by atoms with Crippen LogP contribution in [0.1, 0.15) is 18.4 Å². The lowest BCUT2D eigenvalue weighted by atomic mass is 9.96. The number of amides is 1. The first kappa shape index (κ1) is 23.9. The van der Waals surface area contributed by atoms with Crippen molar-refractivity contribution < 1.29 is 17.9 Å². The second-order valence-corrected chi connectivity index (χ2v) is 12.5. The van der Waals surface area contributed by atoms with Crippen LogP contribution in [0.15, 0.2) is 70.3 Å². The van der Waals surface area contributed by atoms with Crippen LogP contribution in [0, 0.1) is 5.92 Å². The maximum Gasteiger partial charge on any atom is 0.252 e. The van der Waals surface area contributed by atoms with Crippen molar-refractivity contribution in [2.24, 2.45) is 5.92 Å². The van der Waals surface area contributed by atoms with Crippen molar-refractivity contribution in [1.29, 1.82) is 0 Å². The largest absolute Gasteiger partial charge is 0.497 e. The third-order valence-electron chi connectivity index (χ3n) is 6.16. The van der Waals surface area contributed by atoms with Gasteiger partial charge in [-0.3, -0.25) is 9.69 Å². The molecule has 1 fully saturated rings. The van der Waals surface area contributed by atoms with Gasteiger partial charge in [-0.1, -0.05) is 47.7 Å². The molecule has 1 saturated heterocycles. The molecular formula is C25H25N3O4S3. The molecule has 0 N–H and O–H groups in total.